The predicted octanol–water partition coefficient (Wildman–Crippen LogP) is 3.21. The van der Waals surface area contributed by atoms with Crippen LogP contribution in [0.2, 0.25) is 5.02 Å². The van der Waals surface area contributed by atoms with E-state index in [1.807, 2.05) is 13.2 Å². The van der Waals surface area contributed by atoms with Gasteiger partial charge in [0.05, 0.1) is 6.10 Å². The van der Waals surface area contributed by atoms with E-state index in [1.165, 1.54) is 11.1 Å². The first-order valence-corrected chi connectivity index (χ1v) is 7.44. The molecule has 3 heteroatoms. The van der Waals surface area contributed by atoms with E-state index in [1.54, 1.807) is 0 Å². The lowest BCUT2D eigenvalue weighted by atomic mass is 9.64. The van der Waals surface area contributed by atoms with Crippen molar-refractivity contribution in [2.75, 3.05) is 7.11 Å². The van der Waals surface area contributed by atoms with Crippen molar-refractivity contribution < 1.29 is 4.74 Å². The zero-order chi connectivity index (χ0) is 13.6. The van der Waals surface area contributed by atoms with Gasteiger partial charge < -0.3 is 10.1 Å². The van der Waals surface area contributed by atoms with E-state index in [-0.39, 0.29) is 5.41 Å². The molecule has 19 heavy (non-hydrogen) atoms. The molecule has 2 nitrogen and oxygen atoms in total. The van der Waals surface area contributed by atoms with Crippen molar-refractivity contribution in [3.05, 3.63) is 34.3 Å². The van der Waals surface area contributed by atoms with Gasteiger partial charge in [0.1, 0.15) is 0 Å². The Hall–Kier alpha value is -0.570. The highest BCUT2D eigenvalue weighted by molar-refractivity contribution is 6.30. The van der Waals surface area contributed by atoms with Crippen molar-refractivity contribution in [2.24, 2.45) is 5.41 Å². The summed E-state index contributed by atoms with van der Waals surface area (Å²) in [6.45, 7) is 4.59. The minimum atomic E-state index is 0.237. The average Bonchev–Trinajstić information content (AvgIpc) is 2.75. The van der Waals surface area contributed by atoms with E-state index in [2.05, 4.69) is 31.3 Å². The van der Waals surface area contributed by atoms with Crippen LogP contribution in [-0.2, 0) is 17.6 Å². The fraction of sp³-hybridized carbons (Fsp3) is 0.625. The molecule has 0 amide bonds. The van der Waals surface area contributed by atoms with E-state index in [4.69, 9.17) is 16.3 Å². The van der Waals surface area contributed by atoms with Crippen molar-refractivity contribution >= 4 is 11.6 Å². The first-order chi connectivity index (χ1) is 9.00. The number of ether oxygens (including phenoxy) is 1. The number of nitrogens with one attached hydrogen (secondary N) is 1. The smallest absolute Gasteiger partial charge is 0.0652 e. The normalized spacial score (nSPS) is 31.9. The van der Waals surface area contributed by atoms with Gasteiger partial charge in [0.2, 0.25) is 0 Å². The van der Waals surface area contributed by atoms with Crippen LogP contribution >= 0.6 is 11.6 Å². The van der Waals surface area contributed by atoms with Gasteiger partial charge in [-0.3, -0.25) is 0 Å². The van der Waals surface area contributed by atoms with Crippen molar-refractivity contribution in [1.82, 2.24) is 5.32 Å². The summed E-state index contributed by atoms with van der Waals surface area (Å²) >= 11 is 6.06. The lowest BCUT2D eigenvalue weighted by molar-refractivity contribution is -0.0999. The number of benzene rings is 1. The van der Waals surface area contributed by atoms with Crippen LogP contribution in [-0.4, -0.2) is 25.3 Å². The summed E-state index contributed by atoms with van der Waals surface area (Å²) < 4.78 is 5.52. The highest BCUT2D eigenvalue weighted by Crippen LogP contribution is 2.43. The van der Waals surface area contributed by atoms with Crippen LogP contribution in [0.15, 0.2) is 18.2 Å². The Balaban J connectivity index is 1.63. The molecule has 0 heterocycles. The quantitative estimate of drug-likeness (QED) is 0.917. The van der Waals surface area contributed by atoms with Crippen molar-refractivity contribution in [3.63, 3.8) is 0 Å². The van der Waals surface area contributed by atoms with E-state index >= 15 is 0 Å². The number of rotatable bonds is 3. The van der Waals surface area contributed by atoms with Gasteiger partial charge in [0.15, 0.2) is 0 Å². The number of fused-ring (bicyclic) bond motifs is 1. The van der Waals surface area contributed by atoms with Crippen molar-refractivity contribution in [3.8, 4) is 0 Å². The summed E-state index contributed by atoms with van der Waals surface area (Å²) in [7, 11) is 1.82. The van der Waals surface area contributed by atoms with Crippen LogP contribution in [0.5, 0.6) is 0 Å². The van der Waals surface area contributed by atoms with Gasteiger partial charge >= 0.3 is 0 Å². The second-order valence-corrected chi connectivity index (χ2v) is 6.96. The summed E-state index contributed by atoms with van der Waals surface area (Å²) in [4.78, 5) is 0. The van der Waals surface area contributed by atoms with E-state index in [9.17, 15) is 0 Å². The average molecular weight is 280 g/mol. The van der Waals surface area contributed by atoms with Crippen LogP contribution < -0.4 is 5.32 Å². The lowest BCUT2D eigenvalue weighted by Gasteiger charge is -2.52. The second-order valence-electron chi connectivity index (χ2n) is 6.52. The highest BCUT2D eigenvalue weighted by Gasteiger charge is 2.49. The molecule has 0 aromatic heterocycles. The minimum Gasteiger partial charge on any atom is -0.381 e. The fourth-order valence-corrected chi connectivity index (χ4v) is 3.75. The highest BCUT2D eigenvalue weighted by atomic mass is 35.5. The molecule has 3 unspecified atom stereocenters. The molecule has 0 saturated heterocycles. The van der Waals surface area contributed by atoms with Crippen molar-refractivity contribution in [2.45, 2.75) is 51.3 Å². The van der Waals surface area contributed by atoms with Gasteiger partial charge in [-0.1, -0.05) is 31.5 Å². The Kier molecular flexibility index (Phi) is 3.36. The third-order valence-electron chi connectivity index (χ3n) is 5.00. The van der Waals surface area contributed by atoms with Gasteiger partial charge in [-0.2, -0.15) is 0 Å². The molecular weight excluding hydrogens is 258 g/mol. The molecule has 3 rings (SSSR count). The molecule has 0 aliphatic heterocycles. The topological polar surface area (TPSA) is 21.3 Å². The van der Waals surface area contributed by atoms with Gasteiger partial charge in [0.25, 0.3) is 0 Å². The monoisotopic (exact) mass is 279 g/mol. The maximum absolute atomic E-state index is 6.06. The SMILES string of the molecule is COC1CC(NC2Cc3ccc(Cl)cc3C2)C1(C)C. The molecule has 1 N–H and O–H groups in total. The summed E-state index contributed by atoms with van der Waals surface area (Å²) in [6, 6.07) is 7.39. The molecule has 0 bridgehead atoms. The maximum atomic E-state index is 6.06. The molecule has 3 atom stereocenters. The summed E-state index contributed by atoms with van der Waals surface area (Å²) in [5, 5.41) is 4.66. The first-order valence-electron chi connectivity index (χ1n) is 7.07. The Morgan fingerprint density at radius 2 is 2.00 bits per heavy atom. The molecule has 2 aliphatic rings. The molecule has 0 radical (unpaired) electrons. The molecule has 0 spiro atoms. The predicted molar refractivity (Wildman–Crippen MR) is 78.8 cm³/mol. The van der Waals surface area contributed by atoms with E-state index < -0.39 is 0 Å². The summed E-state index contributed by atoms with van der Waals surface area (Å²) in [5.74, 6) is 0. The van der Waals surface area contributed by atoms with Crippen molar-refractivity contribution in [1.29, 1.82) is 0 Å². The number of hydrogen-bond acceptors (Lipinski definition) is 2. The van der Waals surface area contributed by atoms with Crippen LogP contribution in [0, 0.1) is 5.41 Å². The molecule has 2 aliphatic carbocycles. The Labute approximate surface area is 120 Å². The van der Waals surface area contributed by atoms with Crippen LogP contribution in [0.4, 0.5) is 0 Å². The van der Waals surface area contributed by atoms with E-state index in [0.29, 0.717) is 18.2 Å². The lowest BCUT2D eigenvalue weighted by Crippen LogP contribution is -2.62. The zero-order valence-corrected chi connectivity index (χ0v) is 12.6. The largest absolute Gasteiger partial charge is 0.381 e. The molecule has 1 fully saturated rings. The molecular formula is C16H22ClNO. The molecule has 104 valence electrons. The van der Waals surface area contributed by atoms with Gasteiger partial charge in [-0.05, 0) is 42.5 Å². The summed E-state index contributed by atoms with van der Waals surface area (Å²) in [6.07, 6.45) is 3.73. The standard InChI is InChI=1S/C16H22ClNO/c1-16(2)14(9-15(16)19-3)18-13-7-10-4-5-12(17)6-11(10)8-13/h4-6,13-15,18H,7-9H2,1-3H3. The molecule has 1 aromatic carbocycles. The third-order valence-corrected chi connectivity index (χ3v) is 5.24. The van der Waals surface area contributed by atoms with Gasteiger partial charge in [-0.15, -0.1) is 0 Å². The van der Waals surface area contributed by atoms with Crippen LogP contribution in [0.1, 0.15) is 31.4 Å². The zero-order valence-electron chi connectivity index (χ0n) is 11.9. The number of halogens is 1. The Morgan fingerprint density at radius 3 is 2.68 bits per heavy atom. The van der Waals surface area contributed by atoms with Gasteiger partial charge in [0, 0.05) is 29.6 Å². The van der Waals surface area contributed by atoms with E-state index in [0.717, 1.165) is 24.3 Å². The van der Waals surface area contributed by atoms with Gasteiger partial charge in [-0.25, -0.2) is 0 Å². The minimum absolute atomic E-state index is 0.237. The Morgan fingerprint density at radius 1 is 1.26 bits per heavy atom. The fourth-order valence-electron chi connectivity index (χ4n) is 3.56. The first kappa shape index (κ1) is 13.4. The Bertz CT molecular complexity index is 486. The summed E-state index contributed by atoms with van der Waals surface area (Å²) in [5.41, 5.74) is 3.09. The third kappa shape index (κ3) is 2.31. The molecule has 1 aromatic rings. The second kappa shape index (κ2) is 4.76. The number of hydrogen-bond donors (Lipinski definition) is 1. The number of methoxy groups -OCH3 is 1. The van der Waals surface area contributed by atoms with Crippen LogP contribution in [0.3, 0.4) is 0 Å². The molecule has 1 saturated carbocycles. The van der Waals surface area contributed by atoms with Crippen LogP contribution in [0.25, 0.3) is 0 Å². The maximum Gasteiger partial charge on any atom is 0.0652 e.